The number of hydrogen-bond acceptors (Lipinski definition) is 3. The molecule has 0 spiro atoms. The molecule has 3 nitrogen and oxygen atoms in total. The van der Waals surface area contributed by atoms with Gasteiger partial charge in [0.05, 0.1) is 6.04 Å². The van der Waals surface area contributed by atoms with Gasteiger partial charge in [0, 0.05) is 22.2 Å². The number of hydrogen-bond donors (Lipinski definition) is 2. The van der Waals surface area contributed by atoms with Gasteiger partial charge >= 0.3 is 0 Å². The summed E-state index contributed by atoms with van der Waals surface area (Å²) in [6, 6.07) is 3.96. The summed E-state index contributed by atoms with van der Waals surface area (Å²) in [7, 11) is 0. The van der Waals surface area contributed by atoms with Crippen LogP contribution in [-0.2, 0) is 11.2 Å². The zero-order chi connectivity index (χ0) is 13.7. The van der Waals surface area contributed by atoms with Crippen LogP contribution < -0.4 is 11.1 Å². The summed E-state index contributed by atoms with van der Waals surface area (Å²) in [6.07, 6.45) is 1.80. The molecule has 0 aliphatic carbocycles. The lowest BCUT2D eigenvalue weighted by atomic mass is 9.99. The summed E-state index contributed by atoms with van der Waals surface area (Å²) >= 11 is 1.78. The van der Waals surface area contributed by atoms with Crippen molar-refractivity contribution in [1.29, 1.82) is 0 Å². The predicted molar refractivity (Wildman–Crippen MR) is 77.8 cm³/mol. The molecule has 0 radical (unpaired) electrons. The highest BCUT2D eigenvalue weighted by atomic mass is 32.1. The van der Waals surface area contributed by atoms with Crippen molar-refractivity contribution in [3.63, 3.8) is 0 Å². The third-order valence-electron chi connectivity index (χ3n) is 3.25. The summed E-state index contributed by atoms with van der Waals surface area (Å²) in [6.45, 7) is 8.18. The van der Waals surface area contributed by atoms with Crippen LogP contribution in [0.25, 0.3) is 0 Å². The highest BCUT2D eigenvalue weighted by Gasteiger charge is 2.20. The van der Waals surface area contributed by atoms with Gasteiger partial charge in [-0.25, -0.2) is 0 Å². The monoisotopic (exact) mass is 268 g/mol. The van der Waals surface area contributed by atoms with Crippen LogP contribution in [0.4, 0.5) is 0 Å². The van der Waals surface area contributed by atoms with Gasteiger partial charge in [-0.1, -0.05) is 20.3 Å². The Labute approximate surface area is 114 Å². The van der Waals surface area contributed by atoms with Gasteiger partial charge in [-0.3, -0.25) is 4.79 Å². The highest BCUT2D eigenvalue weighted by Crippen LogP contribution is 2.16. The van der Waals surface area contributed by atoms with Gasteiger partial charge in [-0.05, 0) is 31.9 Å². The van der Waals surface area contributed by atoms with E-state index in [1.54, 1.807) is 11.3 Å². The topological polar surface area (TPSA) is 55.1 Å². The van der Waals surface area contributed by atoms with Gasteiger partial charge in [0.25, 0.3) is 0 Å². The normalized spacial score (nSPS) is 16.1. The average molecular weight is 268 g/mol. The fraction of sp³-hybridized carbons (Fsp3) is 0.643. The maximum atomic E-state index is 11.9. The van der Waals surface area contributed by atoms with Gasteiger partial charge in [0.1, 0.15) is 0 Å². The van der Waals surface area contributed by atoms with Crippen molar-refractivity contribution in [2.45, 2.75) is 52.6 Å². The van der Waals surface area contributed by atoms with E-state index < -0.39 is 6.04 Å². The zero-order valence-corrected chi connectivity index (χ0v) is 12.5. The molecule has 4 heteroatoms. The first-order valence-electron chi connectivity index (χ1n) is 6.55. The maximum absolute atomic E-state index is 11.9. The molecule has 1 rings (SSSR count). The Morgan fingerprint density at radius 2 is 2.11 bits per heavy atom. The summed E-state index contributed by atoms with van der Waals surface area (Å²) < 4.78 is 0. The third kappa shape index (κ3) is 4.42. The molecule has 1 aromatic heterocycles. The van der Waals surface area contributed by atoms with Crippen molar-refractivity contribution in [2.24, 2.45) is 11.7 Å². The van der Waals surface area contributed by atoms with Crippen LogP contribution in [0.2, 0.25) is 0 Å². The first kappa shape index (κ1) is 15.2. The molecule has 0 bridgehead atoms. The number of aryl methyl sites for hydroxylation is 1. The molecule has 1 heterocycles. The Kier molecular flexibility index (Phi) is 5.82. The number of thiophene rings is 1. The SMILES string of the molecule is CCC(C)[C@H](N)C(=O)NC(C)Cc1ccc(C)s1. The highest BCUT2D eigenvalue weighted by molar-refractivity contribution is 7.11. The Hall–Kier alpha value is -0.870. The van der Waals surface area contributed by atoms with Gasteiger partial charge in [0.2, 0.25) is 5.91 Å². The van der Waals surface area contributed by atoms with Crippen molar-refractivity contribution in [3.05, 3.63) is 21.9 Å². The fourth-order valence-electron chi connectivity index (χ4n) is 1.80. The molecule has 3 N–H and O–H groups in total. The van der Waals surface area contributed by atoms with E-state index in [2.05, 4.69) is 31.3 Å². The van der Waals surface area contributed by atoms with Crippen molar-refractivity contribution in [1.82, 2.24) is 5.32 Å². The molecule has 0 aromatic carbocycles. The minimum Gasteiger partial charge on any atom is -0.352 e. The van der Waals surface area contributed by atoms with Crippen LogP contribution in [0.15, 0.2) is 12.1 Å². The fourth-order valence-corrected chi connectivity index (χ4v) is 2.82. The second kappa shape index (κ2) is 6.90. The molecule has 1 aromatic rings. The molecule has 0 fully saturated rings. The molecule has 0 aliphatic heterocycles. The molecule has 0 saturated heterocycles. The zero-order valence-electron chi connectivity index (χ0n) is 11.7. The van der Waals surface area contributed by atoms with E-state index in [0.29, 0.717) is 0 Å². The Morgan fingerprint density at radius 3 is 2.61 bits per heavy atom. The lowest BCUT2D eigenvalue weighted by Crippen LogP contribution is -2.48. The summed E-state index contributed by atoms with van der Waals surface area (Å²) in [4.78, 5) is 14.5. The number of amides is 1. The second-order valence-corrected chi connectivity index (χ2v) is 6.41. The van der Waals surface area contributed by atoms with Crippen LogP contribution in [0.1, 0.15) is 36.9 Å². The third-order valence-corrected chi connectivity index (χ3v) is 4.27. The Bertz CT molecular complexity index is 389. The van der Waals surface area contributed by atoms with Gasteiger partial charge in [-0.2, -0.15) is 0 Å². The number of carbonyl (C=O) groups excluding carboxylic acids is 1. The maximum Gasteiger partial charge on any atom is 0.237 e. The lowest BCUT2D eigenvalue weighted by molar-refractivity contribution is -0.124. The van der Waals surface area contributed by atoms with E-state index in [1.807, 2.05) is 13.8 Å². The van der Waals surface area contributed by atoms with Gasteiger partial charge in [0.15, 0.2) is 0 Å². The van der Waals surface area contributed by atoms with E-state index in [1.165, 1.54) is 9.75 Å². The molecule has 18 heavy (non-hydrogen) atoms. The molecule has 2 unspecified atom stereocenters. The van der Waals surface area contributed by atoms with Crippen molar-refractivity contribution in [3.8, 4) is 0 Å². The Morgan fingerprint density at radius 1 is 1.44 bits per heavy atom. The summed E-state index contributed by atoms with van der Waals surface area (Å²) in [5.41, 5.74) is 5.91. The quantitative estimate of drug-likeness (QED) is 0.833. The molecule has 102 valence electrons. The van der Waals surface area contributed by atoms with Crippen molar-refractivity contribution in [2.75, 3.05) is 0 Å². The van der Waals surface area contributed by atoms with E-state index in [-0.39, 0.29) is 17.9 Å². The van der Waals surface area contributed by atoms with Crippen LogP contribution >= 0.6 is 11.3 Å². The molecular weight excluding hydrogens is 244 g/mol. The summed E-state index contributed by atoms with van der Waals surface area (Å²) in [5, 5.41) is 3.00. The minimum atomic E-state index is -0.400. The van der Waals surface area contributed by atoms with E-state index >= 15 is 0 Å². The number of nitrogens with two attached hydrogens (primary N) is 1. The largest absolute Gasteiger partial charge is 0.352 e. The van der Waals surface area contributed by atoms with Gasteiger partial charge in [-0.15, -0.1) is 11.3 Å². The molecule has 1 amide bonds. The molecule has 0 saturated carbocycles. The second-order valence-electron chi connectivity index (χ2n) is 5.04. The van der Waals surface area contributed by atoms with Gasteiger partial charge < -0.3 is 11.1 Å². The van der Waals surface area contributed by atoms with Crippen LogP contribution in [0.5, 0.6) is 0 Å². The van der Waals surface area contributed by atoms with Crippen molar-refractivity contribution < 1.29 is 4.79 Å². The molecule has 3 atom stereocenters. The first-order valence-corrected chi connectivity index (χ1v) is 7.37. The van der Waals surface area contributed by atoms with Crippen LogP contribution in [0, 0.1) is 12.8 Å². The smallest absolute Gasteiger partial charge is 0.237 e. The van der Waals surface area contributed by atoms with E-state index in [0.717, 1.165) is 12.8 Å². The van der Waals surface area contributed by atoms with Crippen molar-refractivity contribution >= 4 is 17.2 Å². The lowest BCUT2D eigenvalue weighted by Gasteiger charge is -2.20. The van der Waals surface area contributed by atoms with E-state index in [4.69, 9.17) is 5.73 Å². The average Bonchev–Trinajstić information content (AvgIpc) is 2.72. The van der Waals surface area contributed by atoms with E-state index in [9.17, 15) is 4.79 Å². The Balaban J connectivity index is 2.44. The minimum absolute atomic E-state index is 0.0369. The number of rotatable bonds is 6. The van der Waals surface area contributed by atoms with Crippen LogP contribution in [-0.4, -0.2) is 18.0 Å². The summed E-state index contributed by atoms with van der Waals surface area (Å²) in [5.74, 6) is 0.186. The number of carbonyl (C=O) groups is 1. The molecular formula is C14H24N2OS. The molecule has 0 aliphatic rings. The number of nitrogens with one attached hydrogen (secondary N) is 1. The standard InChI is InChI=1S/C14H24N2OS/c1-5-9(2)13(15)14(17)16-10(3)8-12-7-6-11(4)18-12/h6-7,9-10,13H,5,8,15H2,1-4H3,(H,16,17)/t9?,10?,13-/m0/s1. The first-order chi connectivity index (χ1) is 8.43. The predicted octanol–water partition coefficient (Wildman–Crippen LogP) is 2.48. The van der Waals surface area contributed by atoms with Crippen LogP contribution in [0.3, 0.4) is 0 Å².